The Morgan fingerprint density at radius 2 is 2.13 bits per heavy atom. The zero-order chi connectivity index (χ0) is 21.5. The van der Waals surface area contributed by atoms with Crippen molar-refractivity contribution in [3.63, 3.8) is 0 Å². The van der Waals surface area contributed by atoms with Gasteiger partial charge in [0.15, 0.2) is 6.19 Å². The van der Waals surface area contributed by atoms with Gasteiger partial charge in [-0.05, 0) is 18.6 Å². The van der Waals surface area contributed by atoms with E-state index in [2.05, 4.69) is 15.9 Å². The molecule has 0 saturated carbocycles. The van der Waals surface area contributed by atoms with Gasteiger partial charge in [-0.2, -0.15) is 5.26 Å². The van der Waals surface area contributed by atoms with Crippen molar-refractivity contribution in [1.29, 1.82) is 5.26 Å². The molecule has 1 fully saturated rings. The molecule has 2 aliphatic rings. The van der Waals surface area contributed by atoms with Crippen LogP contribution in [0.3, 0.4) is 0 Å². The number of thiazole rings is 1. The number of methoxy groups -OCH3 is 1. The van der Waals surface area contributed by atoms with Crippen molar-refractivity contribution >= 4 is 17.2 Å². The van der Waals surface area contributed by atoms with E-state index in [0.29, 0.717) is 35.2 Å². The fraction of sp³-hybridized carbons (Fsp3) is 0.421. The van der Waals surface area contributed by atoms with Gasteiger partial charge in [0.1, 0.15) is 15.6 Å². The maximum Gasteiger partial charge on any atom is 0.573 e. The van der Waals surface area contributed by atoms with E-state index in [1.807, 2.05) is 0 Å². The summed E-state index contributed by atoms with van der Waals surface area (Å²) in [6, 6.07) is 5.48. The van der Waals surface area contributed by atoms with Gasteiger partial charge in [-0.1, -0.05) is 12.1 Å². The van der Waals surface area contributed by atoms with Crippen LogP contribution in [-0.2, 0) is 11.3 Å². The highest BCUT2D eigenvalue weighted by molar-refractivity contribution is 7.17. The minimum Gasteiger partial charge on any atom is -0.405 e. The van der Waals surface area contributed by atoms with Crippen molar-refractivity contribution in [3.05, 3.63) is 34.8 Å². The van der Waals surface area contributed by atoms with Crippen LogP contribution in [0.25, 0.3) is 10.6 Å². The van der Waals surface area contributed by atoms with E-state index in [9.17, 15) is 23.2 Å². The highest BCUT2D eigenvalue weighted by atomic mass is 32.1. The lowest BCUT2D eigenvalue weighted by Crippen LogP contribution is -2.37. The molecule has 1 saturated heterocycles. The summed E-state index contributed by atoms with van der Waals surface area (Å²) >= 11 is 1.05. The SMILES string of the molecule is COC[C@@H]1C[C@@H](N2Cc3nc(-c4ccccc4OC(F)(F)F)sc3C2=O)CN1C#N. The minimum atomic E-state index is -4.82. The van der Waals surface area contributed by atoms with E-state index in [0.717, 1.165) is 11.3 Å². The van der Waals surface area contributed by atoms with Crippen LogP contribution < -0.4 is 4.74 Å². The first kappa shape index (κ1) is 20.4. The van der Waals surface area contributed by atoms with Gasteiger partial charge in [-0.25, -0.2) is 4.98 Å². The van der Waals surface area contributed by atoms with Crippen LogP contribution in [0, 0.1) is 11.5 Å². The highest BCUT2D eigenvalue weighted by Gasteiger charge is 2.42. The normalized spacial score (nSPS) is 21.1. The molecule has 2 atom stereocenters. The molecule has 11 heteroatoms. The lowest BCUT2D eigenvalue weighted by Gasteiger charge is -2.22. The maximum absolute atomic E-state index is 13.0. The predicted octanol–water partition coefficient (Wildman–Crippen LogP) is 3.23. The first-order valence-corrected chi connectivity index (χ1v) is 9.93. The average molecular weight is 438 g/mol. The lowest BCUT2D eigenvalue weighted by molar-refractivity contribution is -0.274. The maximum atomic E-state index is 13.0. The summed E-state index contributed by atoms with van der Waals surface area (Å²) < 4.78 is 47.3. The number of nitriles is 1. The molecule has 1 amide bonds. The van der Waals surface area contributed by atoms with Gasteiger partial charge in [0.25, 0.3) is 5.91 Å². The van der Waals surface area contributed by atoms with Crippen molar-refractivity contribution in [3.8, 4) is 22.5 Å². The minimum absolute atomic E-state index is 0.0913. The zero-order valence-corrected chi connectivity index (χ0v) is 16.7. The second kappa shape index (κ2) is 7.77. The number of hydrogen-bond donors (Lipinski definition) is 0. The van der Waals surface area contributed by atoms with E-state index in [1.54, 1.807) is 23.0 Å². The molecule has 1 aromatic heterocycles. The third kappa shape index (κ3) is 3.80. The summed E-state index contributed by atoms with van der Waals surface area (Å²) in [4.78, 5) is 21.1. The van der Waals surface area contributed by atoms with Gasteiger partial charge in [-0.3, -0.25) is 4.79 Å². The number of rotatable bonds is 5. The topological polar surface area (TPSA) is 78.7 Å². The molecule has 0 spiro atoms. The van der Waals surface area contributed by atoms with E-state index < -0.39 is 6.36 Å². The summed E-state index contributed by atoms with van der Waals surface area (Å²) in [5.41, 5.74) is 0.714. The van der Waals surface area contributed by atoms with Gasteiger partial charge in [-0.15, -0.1) is 24.5 Å². The third-order valence-electron chi connectivity index (χ3n) is 5.14. The lowest BCUT2D eigenvalue weighted by atomic mass is 10.1. The highest BCUT2D eigenvalue weighted by Crippen LogP contribution is 2.40. The van der Waals surface area contributed by atoms with Gasteiger partial charge in [0, 0.05) is 13.7 Å². The van der Waals surface area contributed by atoms with Gasteiger partial charge < -0.3 is 19.3 Å². The number of ether oxygens (including phenoxy) is 2. The molecule has 0 radical (unpaired) electrons. The molecule has 0 unspecified atom stereocenters. The number of fused-ring (bicyclic) bond motifs is 1. The number of carbonyl (C=O) groups is 1. The van der Waals surface area contributed by atoms with Crippen LogP contribution >= 0.6 is 11.3 Å². The smallest absolute Gasteiger partial charge is 0.405 e. The number of hydrogen-bond acceptors (Lipinski definition) is 7. The van der Waals surface area contributed by atoms with Gasteiger partial charge in [0.2, 0.25) is 0 Å². The molecule has 3 heterocycles. The summed E-state index contributed by atoms with van der Waals surface area (Å²) in [6.45, 7) is 1.07. The zero-order valence-electron chi connectivity index (χ0n) is 15.8. The van der Waals surface area contributed by atoms with Crippen LogP contribution in [0.4, 0.5) is 13.2 Å². The quantitative estimate of drug-likeness (QED) is 0.667. The van der Waals surface area contributed by atoms with Crippen LogP contribution in [-0.4, -0.2) is 59.4 Å². The molecule has 2 aliphatic heterocycles. The van der Waals surface area contributed by atoms with Crippen molar-refractivity contribution in [2.75, 3.05) is 20.3 Å². The number of nitrogens with zero attached hydrogens (tertiary/aromatic N) is 4. The van der Waals surface area contributed by atoms with Crippen molar-refractivity contribution in [1.82, 2.24) is 14.8 Å². The summed E-state index contributed by atoms with van der Waals surface area (Å²) in [5, 5.41) is 9.61. The molecule has 158 valence electrons. The molecule has 0 bridgehead atoms. The number of halogens is 3. The Morgan fingerprint density at radius 3 is 2.80 bits per heavy atom. The number of likely N-dealkylation sites (tertiary alicyclic amines) is 1. The molecule has 4 rings (SSSR count). The Morgan fingerprint density at radius 1 is 1.37 bits per heavy atom. The number of amides is 1. The number of alkyl halides is 3. The number of para-hydroxylation sites is 1. The van der Waals surface area contributed by atoms with Crippen molar-refractivity contribution in [2.45, 2.75) is 31.4 Å². The van der Waals surface area contributed by atoms with E-state index >= 15 is 0 Å². The second-order valence-electron chi connectivity index (χ2n) is 7.02. The van der Waals surface area contributed by atoms with Crippen molar-refractivity contribution < 1.29 is 27.4 Å². The van der Waals surface area contributed by atoms with Crippen LogP contribution in [0.5, 0.6) is 5.75 Å². The average Bonchev–Trinajstić information content (AvgIpc) is 3.35. The molecule has 30 heavy (non-hydrogen) atoms. The molecule has 7 nitrogen and oxygen atoms in total. The monoisotopic (exact) mass is 438 g/mol. The van der Waals surface area contributed by atoms with Crippen molar-refractivity contribution in [2.24, 2.45) is 0 Å². The Bertz CT molecular complexity index is 1000. The first-order chi connectivity index (χ1) is 14.3. The molecular weight excluding hydrogens is 421 g/mol. The molecule has 0 aliphatic carbocycles. The Kier molecular flexibility index (Phi) is 5.29. The summed E-state index contributed by atoms with van der Waals surface area (Å²) in [6.07, 6.45) is -2.08. The third-order valence-corrected chi connectivity index (χ3v) is 6.26. The fourth-order valence-corrected chi connectivity index (χ4v) is 4.91. The van der Waals surface area contributed by atoms with Crippen LogP contribution in [0.15, 0.2) is 24.3 Å². The standard InChI is InChI=1S/C19H17F3N4O3S/c1-28-9-12-6-11(7-25(12)10-23)26-8-14-16(18(26)27)30-17(24-14)13-4-2-3-5-15(13)29-19(20,21)22/h2-5,11-12H,6-9H2,1H3/t11-,12+/m1/s1. The number of benzene rings is 1. The largest absolute Gasteiger partial charge is 0.573 e. The first-order valence-electron chi connectivity index (χ1n) is 9.12. The van der Waals surface area contributed by atoms with Gasteiger partial charge >= 0.3 is 6.36 Å². The molecule has 0 N–H and O–H groups in total. The predicted molar refractivity (Wildman–Crippen MR) is 100 cm³/mol. The summed E-state index contributed by atoms with van der Waals surface area (Å²) in [5.74, 6) is -0.575. The second-order valence-corrected chi connectivity index (χ2v) is 8.02. The Balaban J connectivity index is 1.55. The Labute approximate surface area is 174 Å². The van der Waals surface area contributed by atoms with Gasteiger partial charge in [0.05, 0.1) is 36.5 Å². The number of aromatic nitrogens is 1. The van der Waals surface area contributed by atoms with Crippen LogP contribution in [0.1, 0.15) is 21.8 Å². The number of carbonyl (C=O) groups excluding carboxylic acids is 1. The molecule has 2 aromatic rings. The van der Waals surface area contributed by atoms with Crippen LogP contribution in [0.2, 0.25) is 0 Å². The van der Waals surface area contributed by atoms with E-state index in [4.69, 9.17) is 4.74 Å². The fourth-order valence-electron chi connectivity index (χ4n) is 3.85. The van der Waals surface area contributed by atoms with E-state index in [1.165, 1.54) is 18.2 Å². The molecular formula is C19H17F3N4O3S. The van der Waals surface area contributed by atoms with E-state index in [-0.39, 0.29) is 35.8 Å². The Hall–Kier alpha value is -2.84. The summed E-state index contributed by atoms with van der Waals surface area (Å²) in [7, 11) is 1.56. The molecule has 1 aromatic carbocycles.